The standard InChI is InChI=1S/2C21H16N2O2S2.2C20H14N2O2S2/c2*1-12-3-6-14(7-4-12)23-20(25)19(27-21(23)26)10-18(24)16-11-22-17-8-5-13(2)9-15(16)17;1-12-6-8-13(9-7-12)22-19(24)18(26-20(22)25)10-17(23)15-11-21-16-5-3-2-4-14(15)16;1-12-7-8-16-14(9-12)15(11-21-16)17(23)10-18-19(24)22(20(25)26-18)13-5-3-2-4-6-13/h2*3-11,22H,1-2H3;2*2-11,21H,1H3/b2*19-10-;2*18-10-. The van der Waals surface area contributed by atoms with E-state index < -0.39 is 0 Å². The monoisotopic (exact) mass is 1540 g/mol. The number of amides is 4. The van der Waals surface area contributed by atoms with Gasteiger partial charge in [0.05, 0.1) is 42.4 Å². The average molecular weight is 1540 g/mol. The van der Waals surface area contributed by atoms with Crippen LogP contribution in [0.4, 0.5) is 22.7 Å². The van der Waals surface area contributed by atoms with Crippen LogP contribution in [-0.2, 0) is 19.2 Å². The number of para-hydroxylation sites is 2. The molecule has 16 nitrogen and oxygen atoms in total. The van der Waals surface area contributed by atoms with Crippen molar-refractivity contribution in [3.8, 4) is 0 Å². The van der Waals surface area contributed by atoms with Gasteiger partial charge in [-0.2, -0.15) is 0 Å². The second-order valence-electron chi connectivity index (χ2n) is 24.9. The van der Waals surface area contributed by atoms with Crippen LogP contribution < -0.4 is 19.6 Å². The Morgan fingerprint density at radius 1 is 0.292 bits per heavy atom. The van der Waals surface area contributed by atoms with E-state index in [0.29, 0.717) is 81.9 Å². The molecule has 4 N–H and O–H groups in total. The van der Waals surface area contributed by atoms with Gasteiger partial charge >= 0.3 is 0 Å². The first-order valence-electron chi connectivity index (χ1n) is 32.8. The topological polar surface area (TPSA) is 213 Å². The van der Waals surface area contributed by atoms with Crippen molar-refractivity contribution in [2.75, 3.05) is 19.6 Å². The molecule has 0 saturated carbocycles. The molecular formula is C82H60N8O8S8. The minimum atomic E-state index is -0.268. The molecule has 4 fully saturated rings. The number of hydrogen-bond acceptors (Lipinski definition) is 16. The van der Waals surface area contributed by atoms with Crippen molar-refractivity contribution in [2.45, 2.75) is 41.5 Å². The lowest BCUT2D eigenvalue weighted by Crippen LogP contribution is -2.27. The quantitative estimate of drug-likeness (QED) is 0.0509. The highest BCUT2D eigenvalue weighted by Crippen LogP contribution is 2.40. The van der Waals surface area contributed by atoms with E-state index in [4.69, 9.17) is 48.9 Å². The van der Waals surface area contributed by atoms with Crippen molar-refractivity contribution in [3.63, 3.8) is 0 Å². The van der Waals surface area contributed by atoms with Crippen LogP contribution in [0.25, 0.3) is 43.6 Å². The van der Waals surface area contributed by atoms with Crippen LogP contribution in [0, 0.1) is 41.5 Å². The number of rotatable bonds is 12. The van der Waals surface area contributed by atoms with Crippen molar-refractivity contribution in [1.82, 2.24) is 19.9 Å². The Morgan fingerprint density at radius 2 is 0.528 bits per heavy atom. The molecular weight excluding hydrogens is 1480 g/mol. The van der Waals surface area contributed by atoms with Gasteiger partial charge in [-0.1, -0.05) is 220 Å². The molecule has 16 rings (SSSR count). The molecule has 4 saturated heterocycles. The normalized spacial score (nSPS) is 16.0. The third kappa shape index (κ3) is 15.6. The summed E-state index contributed by atoms with van der Waals surface area (Å²) in [5.74, 6) is -1.92. The molecule has 12 aromatic rings. The smallest absolute Gasteiger partial charge is 0.270 e. The lowest BCUT2D eigenvalue weighted by atomic mass is 10.1. The van der Waals surface area contributed by atoms with Crippen molar-refractivity contribution in [2.24, 2.45) is 0 Å². The second-order valence-corrected chi connectivity index (χ2v) is 31.6. The maximum atomic E-state index is 12.8. The molecule has 0 bridgehead atoms. The van der Waals surface area contributed by atoms with Crippen molar-refractivity contribution in [3.05, 3.63) is 306 Å². The van der Waals surface area contributed by atoms with Gasteiger partial charge in [0.25, 0.3) is 23.6 Å². The number of aryl methyl sites for hydroxylation is 6. The third-order valence-electron chi connectivity index (χ3n) is 17.3. The number of H-pyrrole nitrogens is 4. The first-order valence-corrected chi connectivity index (χ1v) is 37.7. The van der Waals surface area contributed by atoms with Gasteiger partial charge in [-0.05, 0) is 133 Å². The van der Waals surface area contributed by atoms with Gasteiger partial charge in [0.1, 0.15) is 0 Å². The maximum absolute atomic E-state index is 12.8. The number of aromatic amines is 4. The average Bonchev–Trinajstić information content (AvgIpc) is 1.68. The summed E-state index contributed by atoms with van der Waals surface area (Å²) in [7, 11) is 0. The first kappa shape index (κ1) is 73.5. The van der Waals surface area contributed by atoms with Crippen LogP contribution in [0.5, 0.6) is 0 Å². The lowest BCUT2D eigenvalue weighted by Gasteiger charge is -2.14. The fraction of sp³-hybridized carbons (Fsp3) is 0.0732. The fourth-order valence-electron chi connectivity index (χ4n) is 11.8. The number of fused-ring (bicyclic) bond motifs is 4. The number of anilines is 4. The van der Waals surface area contributed by atoms with Crippen molar-refractivity contribution < 1.29 is 38.4 Å². The molecule has 24 heteroatoms. The third-order valence-corrected chi connectivity index (χ3v) is 22.5. The van der Waals surface area contributed by atoms with Gasteiger partial charge in [0.2, 0.25) is 0 Å². The summed E-state index contributed by atoms with van der Waals surface area (Å²) < 4.78 is 1.71. The highest BCUT2D eigenvalue weighted by molar-refractivity contribution is 8.28. The number of thioether (sulfide) groups is 4. The zero-order chi connectivity index (χ0) is 74.8. The zero-order valence-corrected chi connectivity index (χ0v) is 63.8. The van der Waals surface area contributed by atoms with E-state index in [1.807, 2.05) is 224 Å². The van der Waals surface area contributed by atoms with E-state index in [1.165, 1.54) is 43.9 Å². The molecule has 4 aliphatic heterocycles. The number of benzene rings is 8. The first-order chi connectivity index (χ1) is 51.0. The Balaban J connectivity index is 0.000000125. The number of aromatic nitrogens is 4. The number of nitrogens with one attached hydrogen (secondary N) is 4. The van der Waals surface area contributed by atoms with Crippen molar-refractivity contribution >= 4 is 226 Å². The van der Waals surface area contributed by atoms with Gasteiger partial charge in [-0.15, -0.1) is 0 Å². The molecule has 106 heavy (non-hydrogen) atoms. The summed E-state index contributed by atoms with van der Waals surface area (Å²) in [4.78, 5) is 122. The number of thiocarbonyl (C=S) groups is 4. The van der Waals surface area contributed by atoms with Crippen LogP contribution >= 0.6 is 95.9 Å². The molecule has 4 aromatic heterocycles. The predicted octanol–water partition coefficient (Wildman–Crippen LogP) is 19.0. The molecule has 0 radical (unpaired) electrons. The van der Waals surface area contributed by atoms with Gasteiger partial charge in [0, 0.05) is 115 Å². The summed E-state index contributed by atoms with van der Waals surface area (Å²) in [5.41, 5.74) is 15.1. The molecule has 4 amide bonds. The molecule has 0 spiro atoms. The maximum Gasteiger partial charge on any atom is 0.270 e. The summed E-state index contributed by atoms with van der Waals surface area (Å²) in [6.45, 7) is 11.9. The molecule has 0 aliphatic carbocycles. The Hall–Kier alpha value is -10.8. The number of carbonyl (C=O) groups excluding carboxylic acids is 8. The number of carbonyl (C=O) groups is 8. The molecule has 0 unspecified atom stereocenters. The van der Waals surface area contributed by atoms with E-state index >= 15 is 0 Å². The molecule has 8 heterocycles. The van der Waals surface area contributed by atoms with Crippen LogP contribution in [0.15, 0.2) is 251 Å². The second kappa shape index (κ2) is 31.5. The Kier molecular flexibility index (Phi) is 21.8. The van der Waals surface area contributed by atoms with Crippen LogP contribution in [0.3, 0.4) is 0 Å². The van der Waals surface area contributed by atoms with Gasteiger partial charge < -0.3 is 19.9 Å². The highest BCUT2D eigenvalue weighted by atomic mass is 32.2. The minimum Gasteiger partial charge on any atom is -0.360 e. The SMILES string of the molecule is Cc1ccc(N2C(=O)/C(=C/C(=O)c3c[nH]c4ccc(C)cc34)SC2=S)cc1.Cc1ccc(N2C(=O)/C(=C/C(=O)c3c[nH]c4ccc(C)cc34)SC2=S)cc1.Cc1ccc(N2C(=O)/C(=C/C(=O)c3c[nH]c4ccccc34)SC2=S)cc1.Cc1ccc2[nH]cc(C(=O)/C=C3\SC(=S)N(c4ccccc4)C3=O)c2c1. The van der Waals surface area contributed by atoms with E-state index in [0.717, 1.165) is 124 Å². The number of hydrogen-bond donors (Lipinski definition) is 4. The zero-order valence-electron chi connectivity index (χ0n) is 57.3. The predicted molar refractivity (Wildman–Crippen MR) is 448 cm³/mol. The van der Waals surface area contributed by atoms with E-state index in [-0.39, 0.29) is 46.8 Å². The summed E-state index contributed by atoms with van der Waals surface area (Å²) in [6, 6.07) is 57.1. The number of nitrogens with zero attached hydrogens (tertiary/aromatic N) is 4. The Labute approximate surface area is 646 Å². The Bertz CT molecular complexity index is 5660. The van der Waals surface area contributed by atoms with E-state index in [1.54, 1.807) is 24.8 Å². The molecule has 4 aliphatic rings. The summed E-state index contributed by atoms with van der Waals surface area (Å²) in [6.07, 6.45) is 12.3. The number of allylic oxidation sites excluding steroid dienone is 4. The van der Waals surface area contributed by atoms with E-state index in [2.05, 4.69) is 19.9 Å². The largest absolute Gasteiger partial charge is 0.360 e. The minimum absolute atomic E-state index is 0.212. The van der Waals surface area contributed by atoms with Crippen LogP contribution in [0.2, 0.25) is 0 Å². The fourth-order valence-corrected chi connectivity index (χ4v) is 16.9. The number of ketones is 4. The Morgan fingerprint density at radius 3 is 0.821 bits per heavy atom. The lowest BCUT2D eigenvalue weighted by molar-refractivity contribution is -0.114. The van der Waals surface area contributed by atoms with Gasteiger partial charge in [-0.3, -0.25) is 58.0 Å². The highest BCUT2D eigenvalue weighted by Gasteiger charge is 2.38. The molecule has 524 valence electrons. The molecule has 0 atom stereocenters. The summed E-state index contributed by atoms with van der Waals surface area (Å²) >= 11 is 26.0. The van der Waals surface area contributed by atoms with Crippen LogP contribution in [0.1, 0.15) is 74.8 Å². The van der Waals surface area contributed by atoms with Gasteiger partial charge in [0.15, 0.2) is 40.4 Å². The van der Waals surface area contributed by atoms with Gasteiger partial charge in [-0.25, -0.2) is 0 Å². The van der Waals surface area contributed by atoms with Crippen molar-refractivity contribution in [1.29, 1.82) is 0 Å². The van der Waals surface area contributed by atoms with E-state index in [9.17, 15) is 38.4 Å². The molecule has 8 aromatic carbocycles. The summed E-state index contributed by atoms with van der Waals surface area (Å²) in [5, 5.41) is 3.39. The van der Waals surface area contributed by atoms with Crippen LogP contribution in [-0.4, -0.2) is 84.0 Å².